The van der Waals surface area contributed by atoms with Gasteiger partial charge in [0.2, 0.25) is 0 Å². The van der Waals surface area contributed by atoms with Gasteiger partial charge in [-0.15, -0.1) is 0 Å². The summed E-state index contributed by atoms with van der Waals surface area (Å²) in [6, 6.07) is -0.572. The van der Waals surface area contributed by atoms with E-state index in [1.54, 1.807) is 0 Å². The van der Waals surface area contributed by atoms with Gasteiger partial charge in [-0.1, -0.05) is 0 Å². The van der Waals surface area contributed by atoms with E-state index in [9.17, 15) is 9.59 Å². The molecule has 1 rings (SSSR count). The lowest BCUT2D eigenvalue weighted by atomic mass is 10.3. The normalized spacial score (nSPS) is 15.8. The number of carbonyl (C=O) groups excluding carboxylic acids is 2. The Bertz CT molecular complexity index is 242. The predicted molar refractivity (Wildman–Crippen MR) is 33.8 cm³/mol. The summed E-state index contributed by atoms with van der Waals surface area (Å²) in [6.07, 6.45) is 0. The zero-order valence-corrected chi connectivity index (χ0v) is 5.42. The summed E-state index contributed by atoms with van der Waals surface area (Å²) in [4.78, 5) is 23.6. The van der Waals surface area contributed by atoms with E-state index in [1.807, 2.05) is 5.32 Å². The third-order valence-electron chi connectivity index (χ3n) is 1.03. The maximum Gasteiger partial charge on any atom is 0.375 e. The van der Waals surface area contributed by atoms with E-state index in [4.69, 9.17) is 5.53 Å². The highest BCUT2D eigenvalue weighted by Gasteiger charge is 2.27. The Balaban J connectivity index is 0.000001000. The molecule has 60 valence electrons. The molecule has 1 fully saturated rings. The second kappa shape index (κ2) is 3.45. The summed E-state index contributed by atoms with van der Waals surface area (Å²) < 4.78 is 0. The Labute approximate surface area is 61.3 Å². The molecule has 11 heavy (non-hydrogen) atoms. The van der Waals surface area contributed by atoms with Crippen molar-refractivity contribution in [2.45, 2.75) is 0 Å². The molecule has 0 saturated carbocycles. The van der Waals surface area contributed by atoms with Gasteiger partial charge in [0.15, 0.2) is 0 Å². The molecule has 0 aliphatic carbocycles. The molecule has 0 aromatic carbocycles. The lowest BCUT2D eigenvalue weighted by Crippen LogP contribution is -2.53. The van der Waals surface area contributed by atoms with Crippen LogP contribution < -0.4 is 10.6 Å². The first-order chi connectivity index (χ1) is 4.74. The van der Waals surface area contributed by atoms with Crippen molar-refractivity contribution in [1.29, 1.82) is 0 Å². The van der Waals surface area contributed by atoms with Crippen molar-refractivity contribution in [3.8, 4) is 0 Å². The van der Waals surface area contributed by atoms with Crippen LogP contribution in [0, 0.1) is 0 Å². The van der Waals surface area contributed by atoms with Crippen molar-refractivity contribution < 1.29 is 19.9 Å². The minimum absolute atomic E-state index is 0. The molecule has 1 heterocycles. The molecule has 7 heteroatoms. The Morgan fingerprint density at radius 1 is 1.45 bits per heavy atom. The summed E-state index contributed by atoms with van der Waals surface area (Å²) in [5, 5.41) is 4.15. The largest absolute Gasteiger partial charge is 0.412 e. The fourth-order valence-corrected chi connectivity index (χ4v) is 0.545. The van der Waals surface area contributed by atoms with Crippen LogP contribution in [0.2, 0.25) is 0 Å². The molecular formula is C4H6N4O3. The van der Waals surface area contributed by atoms with Gasteiger partial charge in [0.1, 0.15) is 6.54 Å². The van der Waals surface area contributed by atoms with E-state index in [0.29, 0.717) is 0 Å². The van der Waals surface area contributed by atoms with Crippen molar-refractivity contribution in [3.63, 3.8) is 0 Å². The zero-order chi connectivity index (χ0) is 7.56. The third-order valence-corrected chi connectivity index (χ3v) is 1.03. The smallest absolute Gasteiger partial charge is 0.375 e. The van der Waals surface area contributed by atoms with Crippen LogP contribution in [-0.4, -0.2) is 34.5 Å². The number of imide groups is 1. The Kier molecular flexibility index (Phi) is 2.91. The summed E-state index contributed by atoms with van der Waals surface area (Å²) >= 11 is 0. The van der Waals surface area contributed by atoms with E-state index in [-0.39, 0.29) is 17.7 Å². The average molecular weight is 158 g/mol. The molecule has 0 aromatic rings. The number of urea groups is 1. The van der Waals surface area contributed by atoms with Crippen LogP contribution in [0.1, 0.15) is 0 Å². The van der Waals surface area contributed by atoms with Gasteiger partial charge < -0.3 is 16.3 Å². The molecule has 1 saturated heterocycles. The predicted octanol–water partition coefficient (Wildman–Crippen LogP) is -2.33. The first kappa shape index (κ1) is 9.28. The van der Waals surface area contributed by atoms with Crippen molar-refractivity contribution in [2.24, 2.45) is 0 Å². The zero-order valence-electron chi connectivity index (χ0n) is 5.42. The topological polar surface area (TPSA) is 126 Å². The molecule has 0 bridgehead atoms. The molecule has 1 aliphatic heterocycles. The molecule has 3 amide bonds. The number of rotatable bonds is 0. The number of hydrogen-bond donors (Lipinski definition) is 2. The minimum atomic E-state index is -0.661. The summed E-state index contributed by atoms with van der Waals surface area (Å²) in [6.45, 7) is -0.0266. The highest BCUT2D eigenvalue weighted by molar-refractivity contribution is 6.41. The number of hydrogen-bond acceptors (Lipinski definition) is 2. The van der Waals surface area contributed by atoms with Gasteiger partial charge in [-0.3, -0.25) is 10.1 Å². The SMILES string of the molecule is O.[N-]=[N+]=C1CNC(=O)NC1=O. The number of carbonyl (C=O) groups is 2. The number of amides is 3. The maximum atomic E-state index is 10.6. The molecular weight excluding hydrogens is 152 g/mol. The fraction of sp³-hybridized carbons (Fsp3) is 0.250. The van der Waals surface area contributed by atoms with E-state index in [1.165, 1.54) is 0 Å². The van der Waals surface area contributed by atoms with E-state index >= 15 is 0 Å². The van der Waals surface area contributed by atoms with Crippen molar-refractivity contribution in [1.82, 2.24) is 10.6 Å². The monoisotopic (exact) mass is 158 g/mol. The number of nitrogens with zero attached hydrogens (tertiary/aromatic N) is 2. The van der Waals surface area contributed by atoms with Crippen LogP contribution in [0.25, 0.3) is 5.53 Å². The van der Waals surface area contributed by atoms with Crippen LogP contribution in [0.15, 0.2) is 0 Å². The first-order valence-corrected chi connectivity index (χ1v) is 2.54. The van der Waals surface area contributed by atoms with Crippen LogP contribution in [0.5, 0.6) is 0 Å². The fourth-order valence-electron chi connectivity index (χ4n) is 0.545. The van der Waals surface area contributed by atoms with E-state index in [2.05, 4.69) is 10.1 Å². The molecule has 1 aliphatic rings. The van der Waals surface area contributed by atoms with Gasteiger partial charge in [0.05, 0.1) is 0 Å². The second-order valence-corrected chi connectivity index (χ2v) is 1.68. The van der Waals surface area contributed by atoms with Crippen LogP contribution in [0.4, 0.5) is 4.79 Å². The van der Waals surface area contributed by atoms with Gasteiger partial charge in [0, 0.05) is 0 Å². The third kappa shape index (κ3) is 1.85. The first-order valence-electron chi connectivity index (χ1n) is 2.54. The Morgan fingerprint density at radius 3 is 2.55 bits per heavy atom. The van der Waals surface area contributed by atoms with Gasteiger partial charge in [0.25, 0.3) is 0 Å². The number of nitrogens with one attached hydrogen (secondary N) is 2. The summed E-state index contributed by atoms with van der Waals surface area (Å²) in [5.74, 6) is -0.661. The average Bonchev–Trinajstić information content (AvgIpc) is 1.88. The van der Waals surface area contributed by atoms with Gasteiger partial charge in [-0.25, -0.2) is 4.79 Å². The van der Waals surface area contributed by atoms with Crippen molar-refractivity contribution in [3.05, 3.63) is 5.53 Å². The molecule has 0 radical (unpaired) electrons. The molecule has 0 aromatic heterocycles. The van der Waals surface area contributed by atoms with Gasteiger partial charge in [-0.05, 0) is 0 Å². The standard InChI is InChI=1S/C4H4N4O2.H2O/c5-8-2-1-6-4(10)7-3(2)9;/h1H2,(H2,6,7,9,10);1H2. The van der Waals surface area contributed by atoms with Crippen LogP contribution in [-0.2, 0) is 4.79 Å². The minimum Gasteiger partial charge on any atom is -0.412 e. The molecule has 0 atom stereocenters. The molecule has 0 spiro atoms. The van der Waals surface area contributed by atoms with Gasteiger partial charge >= 0.3 is 17.6 Å². The second-order valence-electron chi connectivity index (χ2n) is 1.68. The van der Waals surface area contributed by atoms with Crippen LogP contribution >= 0.6 is 0 Å². The van der Waals surface area contributed by atoms with Crippen molar-refractivity contribution in [2.75, 3.05) is 6.54 Å². The summed E-state index contributed by atoms with van der Waals surface area (Å²) in [7, 11) is 0. The molecule has 4 N–H and O–H groups in total. The summed E-state index contributed by atoms with van der Waals surface area (Å²) in [5.41, 5.74) is 8.03. The van der Waals surface area contributed by atoms with E-state index < -0.39 is 11.9 Å². The molecule has 7 nitrogen and oxygen atoms in total. The lowest BCUT2D eigenvalue weighted by Gasteiger charge is -2.06. The van der Waals surface area contributed by atoms with Crippen molar-refractivity contribution >= 4 is 17.6 Å². The van der Waals surface area contributed by atoms with E-state index in [0.717, 1.165) is 0 Å². The quantitative estimate of drug-likeness (QED) is 0.303. The lowest BCUT2D eigenvalue weighted by molar-refractivity contribution is -0.118. The highest BCUT2D eigenvalue weighted by atomic mass is 16.2. The Morgan fingerprint density at radius 2 is 2.09 bits per heavy atom. The van der Waals surface area contributed by atoms with Gasteiger partial charge in [-0.2, -0.15) is 4.79 Å². The maximum absolute atomic E-state index is 10.6. The van der Waals surface area contributed by atoms with Crippen LogP contribution in [0.3, 0.4) is 0 Å². The molecule has 0 unspecified atom stereocenters. The Hall–Kier alpha value is -1.72. The highest BCUT2D eigenvalue weighted by Crippen LogP contribution is 1.79.